The van der Waals surface area contributed by atoms with E-state index in [2.05, 4.69) is 10.6 Å². The molecule has 1 aliphatic carbocycles. The van der Waals surface area contributed by atoms with Gasteiger partial charge in [-0.05, 0) is 42.5 Å². The number of benzene rings is 1. The normalized spacial score (nSPS) is 17.4. The highest BCUT2D eigenvalue weighted by Gasteiger charge is 2.20. The first-order valence-corrected chi connectivity index (χ1v) is 6.48. The molecule has 1 saturated carbocycles. The van der Waals surface area contributed by atoms with Crippen molar-refractivity contribution in [3.05, 3.63) is 29.3 Å². The molecule has 1 heterocycles. The summed E-state index contributed by atoms with van der Waals surface area (Å²) >= 11 is 0. The van der Waals surface area contributed by atoms with Crippen LogP contribution in [0.2, 0.25) is 0 Å². The van der Waals surface area contributed by atoms with E-state index < -0.39 is 0 Å². The standard InChI is InChI=1S/C14H18N2O/c17-14(16-7-5-10-1-2-10)12-3-4-13-11(9-12)6-8-15-13/h3-4,9-10,15H,1-2,5-8H2,(H,16,17). The summed E-state index contributed by atoms with van der Waals surface area (Å²) in [5.74, 6) is 0.944. The number of fused-ring (bicyclic) bond motifs is 1. The van der Waals surface area contributed by atoms with Crippen molar-refractivity contribution in [1.29, 1.82) is 0 Å². The van der Waals surface area contributed by atoms with Gasteiger partial charge in [0.25, 0.3) is 5.91 Å². The topological polar surface area (TPSA) is 41.1 Å². The van der Waals surface area contributed by atoms with Gasteiger partial charge in [0, 0.05) is 24.3 Å². The molecule has 1 fully saturated rings. The summed E-state index contributed by atoms with van der Waals surface area (Å²) in [7, 11) is 0. The van der Waals surface area contributed by atoms with Crippen molar-refractivity contribution >= 4 is 11.6 Å². The summed E-state index contributed by atoms with van der Waals surface area (Å²) in [5.41, 5.74) is 3.24. The fourth-order valence-electron chi connectivity index (χ4n) is 2.34. The van der Waals surface area contributed by atoms with Gasteiger partial charge in [0.15, 0.2) is 0 Å². The van der Waals surface area contributed by atoms with Crippen molar-refractivity contribution in [2.45, 2.75) is 25.7 Å². The van der Waals surface area contributed by atoms with Crippen LogP contribution in [0.5, 0.6) is 0 Å². The zero-order chi connectivity index (χ0) is 11.7. The average molecular weight is 230 g/mol. The van der Waals surface area contributed by atoms with Gasteiger partial charge in [-0.25, -0.2) is 0 Å². The smallest absolute Gasteiger partial charge is 0.251 e. The first-order valence-electron chi connectivity index (χ1n) is 6.48. The van der Waals surface area contributed by atoms with Gasteiger partial charge in [-0.3, -0.25) is 4.79 Å². The minimum atomic E-state index is 0.0698. The third-order valence-electron chi connectivity index (χ3n) is 3.61. The lowest BCUT2D eigenvalue weighted by Crippen LogP contribution is -2.24. The van der Waals surface area contributed by atoms with E-state index in [1.165, 1.54) is 24.1 Å². The Kier molecular flexibility index (Phi) is 2.75. The molecule has 1 amide bonds. The largest absolute Gasteiger partial charge is 0.384 e. The maximum absolute atomic E-state index is 11.9. The van der Waals surface area contributed by atoms with E-state index in [1.807, 2.05) is 18.2 Å². The first-order chi connectivity index (χ1) is 8.33. The van der Waals surface area contributed by atoms with Gasteiger partial charge < -0.3 is 10.6 Å². The lowest BCUT2D eigenvalue weighted by atomic mass is 10.1. The molecule has 1 aromatic rings. The molecule has 0 aromatic heterocycles. The van der Waals surface area contributed by atoms with E-state index >= 15 is 0 Å². The second-order valence-corrected chi connectivity index (χ2v) is 5.04. The Balaban J connectivity index is 1.60. The van der Waals surface area contributed by atoms with Gasteiger partial charge in [-0.15, -0.1) is 0 Å². The minimum absolute atomic E-state index is 0.0698. The van der Waals surface area contributed by atoms with Gasteiger partial charge in [-0.1, -0.05) is 12.8 Å². The fraction of sp³-hybridized carbons (Fsp3) is 0.500. The summed E-state index contributed by atoms with van der Waals surface area (Å²) in [6, 6.07) is 5.93. The zero-order valence-electron chi connectivity index (χ0n) is 9.96. The molecule has 2 N–H and O–H groups in total. The van der Waals surface area contributed by atoms with Crippen LogP contribution in [0.1, 0.15) is 35.2 Å². The Hall–Kier alpha value is -1.51. The molecule has 3 rings (SSSR count). The molecule has 17 heavy (non-hydrogen) atoms. The van der Waals surface area contributed by atoms with Crippen molar-refractivity contribution in [2.75, 3.05) is 18.4 Å². The van der Waals surface area contributed by atoms with Gasteiger partial charge >= 0.3 is 0 Å². The number of nitrogens with one attached hydrogen (secondary N) is 2. The second kappa shape index (κ2) is 4.40. The number of carbonyl (C=O) groups excluding carboxylic acids is 1. The number of carbonyl (C=O) groups is 1. The Labute approximate surface area is 102 Å². The summed E-state index contributed by atoms with van der Waals surface area (Å²) in [6.07, 6.45) is 4.86. The molecule has 1 aromatic carbocycles. The van der Waals surface area contributed by atoms with E-state index in [9.17, 15) is 4.79 Å². The van der Waals surface area contributed by atoms with Crippen molar-refractivity contribution in [1.82, 2.24) is 5.32 Å². The fourth-order valence-corrected chi connectivity index (χ4v) is 2.34. The van der Waals surface area contributed by atoms with Gasteiger partial charge in [0.05, 0.1) is 0 Å². The third kappa shape index (κ3) is 2.43. The van der Waals surface area contributed by atoms with E-state index in [1.54, 1.807) is 0 Å². The van der Waals surface area contributed by atoms with E-state index in [-0.39, 0.29) is 5.91 Å². The first kappa shape index (κ1) is 10.6. The molecular weight excluding hydrogens is 212 g/mol. The van der Waals surface area contributed by atoms with Crippen molar-refractivity contribution in [3.63, 3.8) is 0 Å². The molecule has 3 heteroatoms. The third-order valence-corrected chi connectivity index (χ3v) is 3.61. The summed E-state index contributed by atoms with van der Waals surface area (Å²) in [6.45, 7) is 1.81. The molecule has 0 saturated heterocycles. The lowest BCUT2D eigenvalue weighted by Gasteiger charge is -2.06. The molecule has 90 valence electrons. The SMILES string of the molecule is O=C(NCCC1CC1)c1ccc2c(c1)CCN2. The van der Waals surface area contributed by atoms with Crippen LogP contribution in [0.4, 0.5) is 5.69 Å². The highest BCUT2D eigenvalue weighted by Crippen LogP contribution is 2.31. The zero-order valence-corrected chi connectivity index (χ0v) is 9.96. The molecule has 0 bridgehead atoms. The molecule has 0 unspecified atom stereocenters. The molecule has 1 aliphatic heterocycles. The summed E-state index contributed by atoms with van der Waals surface area (Å²) in [4.78, 5) is 11.9. The lowest BCUT2D eigenvalue weighted by molar-refractivity contribution is 0.0952. The van der Waals surface area contributed by atoms with E-state index in [4.69, 9.17) is 0 Å². The van der Waals surface area contributed by atoms with Gasteiger partial charge in [-0.2, -0.15) is 0 Å². The number of anilines is 1. The van der Waals surface area contributed by atoms with Crippen LogP contribution in [0.3, 0.4) is 0 Å². The van der Waals surface area contributed by atoms with Crippen LogP contribution >= 0.6 is 0 Å². The molecule has 3 nitrogen and oxygen atoms in total. The van der Waals surface area contributed by atoms with E-state index in [0.717, 1.165) is 37.4 Å². The van der Waals surface area contributed by atoms with Gasteiger partial charge in [0.2, 0.25) is 0 Å². The van der Waals surface area contributed by atoms with Crippen LogP contribution < -0.4 is 10.6 Å². The monoisotopic (exact) mass is 230 g/mol. The maximum atomic E-state index is 11.9. The van der Waals surface area contributed by atoms with Crippen LogP contribution in [0, 0.1) is 5.92 Å². The molecule has 0 spiro atoms. The van der Waals surface area contributed by atoms with Crippen LogP contribution in [-0.4, -0.2) is 19.0 Å². The highest BCUT2D eigenvalue weighted by molar-refractivity contribution is 5.95. The molecule has 0 radical (unpaired) electrons. The number of hydrogen-bond donors (Lipinski definition) is 2. The number of hydrogen-bond acceptors (Lipinski definition) is 2. The summed E-state index contributed by atoms with van der Waals surface area (Å²) in [5, 5.41) is 6.30. The predicted octanol–water partition coefficient (Wildman–Crippen LogP) is 2.18. The molecular formula is C14H18N2O. The Morgan fingerprint density at radius 1 is 1.41 bits per heavy atom. The Morgan fingerprint density at radius 3 is 3.12 bits per heavy atom. The van der Waals surface area contributed by atoms with E-state index in [0.29, 0.717) is 0 Å². The average Bonchev–Trinajstić information content (AvgIpc) is 3.04. The Bertz CT molecular complexity index is 438. The quantitative estimate of drug-likeness (QED) is 0.832. The van der Waals surface area contributed by atoms with Gasteiger partial charge in [0.1, 0.15) is 0 Å². The predicted molar refractivity (Wildman–Crippen MR) is 68.3 cm³/mol. The molecule has 0 atom stereocenters. The second-order valence-electron chi connectivity index (χ2n) is 5.04. The number of rotatable bonds is 4. The maximum Gasteiger partial charge on any atom is 0.251 e. The van der Waals surface area contributed by atoms with Crippen LogP contribution in [-0.2, 0) is 6.42 Å². The Morgan fingerprint density at radius 2 is 2.29 bits per heavy atom. The number of amides is 1. The molecule has 2 aliphatic rings. The van der Waals surface area contributed by atoms with Crippen molar-refractivity contribution in [2.24, 2.45) is 5.92 Å². The summed E-state index contributed by atoms with van der Waals surface area (Å²) < 4.78 is 0. The highest BCUT2D eigenvalue weighted by atomic mass is 16.1. The van der Waals surface area contributed by atoms with Crippen LogP contribution in [0.25, 0.3) is 0 Å². The van der Waals surface area contributed by atoms with Crippen molar-refractivity contribution < 1.29 is 4.79 Å². The van der Waals surface area contributed by atoms with Crippen molar-refractivity contribution in [3.8, 4) is 0 Å². The van der Waals surface area contributed by atoms with Crippen LogP contribution in [0.15, 0.2) is 18.2 Å². The minimum Gasteiger partial charge on any atom is -0.384 e.